The Morgan fingerprint density at radius 3 is 0.741 bits per heavy atom. The maximum atomic E-state index is 9.03. The predicted octanol–water partition coefficient (Wildman–Crippen LogP) is 6.15. The molecule has 0 aliphatic rings. The minimum atomic E-state index is -3.27. The first-order valence-electron chi connectivity index (χ1n) is 20.1. The average molecular weight is 829 g/mol. The van der Waals surface area contributed by atoms with Crippen LogP contribution in [-0.4, -0.2) is 40.9 Å². The van der Waals surface area contributed by atoms with Gasteiger partial charge in [-0.1, -0.05) is 272 Å². The number of hydrogen-bond donors (Lipinski definition) is 0. The molecule has 0 amide bonds. The lowest BCUT2D eigenvalue weighted by atomic mass is 10.2. The van der Waals surface area contributed by atoms with Gasteiger partial charge in [0, 0.05) is 0 Å². The first-order chi connectivity index (χ1) is 28.4. The summed E-state index contributed by atoms with van der Waals surface area (Å²) >= 11 is 0. The fourth-order valence-corrected chi connectivity index (χ4v) is 60.3. The maximum absolute atomic E-state index is 9.03. The lowest BCUT2D eigenvalue weighted by molar-refractivity contribution is 0.634. The van der Waals surface area contributed by atoms with E-state index < -0.39 is 40.9 Å². The van der Waals surface area contributed by atoms with Gasteiger partial charge in [0.05, 0.1) is 0 Å². The van der Waals surface area contributed by atoms with Gasteiger partial charge >= 0.3 is 0 Å². The average Bonchev–Trinajstić information content (AvgIpc) is 3.27. The number of aryl methyl sites for hydroxylation is 4. The van der Waals surface area contributed by atoms with Gasteiger partial charge in [-0.2, -0.15) is 0 Å². The monoisotopic (exact) mass is 828 g/mol. The minimum Gasteiger partial charge on any atom is -0.454 e. The van der Waals surface area contributed by atoms with Crippen LogP contribution in [-0.2, 0) is 4.12 Å². The lowest BCUT2D eigenvalue weighted by Crippen LogP contribution is -2.90. The van der Waals surface area contributed by atoms with Crippen LogP contribution in [0.2, 0.25) is 0 Å². The number of hydrogen-bond acceptors (Lipinski definition) is 1. The molecule has 0 N–H and O–H groups in total. The molecule has 0 bridgehead atoms. The molecule has 0 unspecified atom stereocenters. The number of rotatable bonds is 13. The molecule has 8 aromatic rings. The molecule has 0 saturated carbocycles. The molecule has 0 spiro atoms. The van der Waals surface area contributed by atoms with E-state index in [0.29, 0.717) is 0 Å². The van der Waals surface area contributed by atoms with Crippen molar-refractivity contribution in [3.63, 3.8) is 0 Å². The second kappa shape index (κ2) is 18.2. The quantitative estimate of drug-likeness (QED) is 0.127. The van der Waals surface area contributed by atoms with Gasteiger partial charge in [0.1, 0.15) is 24.9 Å². The van der Waals surface area contributed by atoms with E-state index in [-0.39, 0.29) is 0 Å². The van der Waals surface area contributed by atoms with Crippen LogP contribution in [0.3, 0.4) is 0 Å². The Morgan fingerprint density at radius 2 is 0.466 bits per heavy atom. The van der Waals surface area contributed by atoms with Crippen LogP contribution < -0.4 is 41.5 Å². The Balaban J connectivity index is 1.60. The Bertz CT molecular complexity index is 2280. The first-order valence-corrected chi connectivity index (χ1v) is 30.9. The van der Waals surface area contributed by atoms with Gasteiger partial charge in [-0.3, -0.25) is 0 Å². The van der Waals surface area contributed by atoms with E-state index in [1.54, 1.807) is 0 Å². The van der Waals surface area contributed by atoms with Crippen LogP contribution in [0.5, 0.6) is 0 Å². The predicted molar refractivity (Wildman–Crippen MR) is 257 cm³/mol. The molecule has 0 saturated heterocycles. The fourth-order valence-electron chi connectivity index (χ4n) is 7.95. The van der Waals surface area contributed by atoms with Gasteiger partial charge in [0.15, 0.2) is 6.87 Å². The molecule has 8 rings (SSSR count). The van der Waals surface area contributed by atoms with Crippen LogP contribution in [0.4, 0.5) is 0 Å². The third kappa shape index (κ3) is 8.49. The van der Waals surface area contributed by atoms with Crippen molar-refractivity contribution in [2.45, 2.75) is 27.7 Å². The molecule has 0 aromatic heterocycles. The zero-order valence-electron chi connectivity index (χ0n) is 33.7. The van der Waals surface area contributed by atoms with Gasteiger partial charge in [-0.25, -0.2) is 0 Å². The van der Waals surface area contributed by atoms with Gasteiger partial charge < -0.3 is 4.12 Å². The van der Waals surface area contributed by atoms with Gasteiger partial charge in [0.2, 0.25) is 0 Å². The molecule has 1 nitrogen and oxygen atoms in total. The third-order valence-corrected chi connectivity index (χ3v) is 50.0. The molecule has 0 aliphatic carbocycles. The van der Waals surface area contributed by atoms with Gasteiger partial charge in [-0.15, -0.1) is 0 Å². The molecule has 6 heteroatoms. The summed E-state index contributed by atoms with van der Waals surface area (Å²) in [5.74, 6) is 0. The van der Waals surface area contributed by atoms with Crippen molar-refractivity contribution in [2.75, 3.05) is 0 Å². The standard InChI is InChI=1S/C52H48OSi5/c1-41-25-33-46(34-26-41)54(45-17-9-5-10-18-45)53-58(55(47-19-11-6-12-20-47)50-35-27-42(2)28-36-50,56(48-21-13-7-14-22-48)51-37-29-43(3)30-38-51)57(49-23-15-8-16-24-49)52-39-31-44(4)32-40-52/h5-40H,1-4H3. The van der Waals surface area contributed by atoms with Crippen molar-refractivity contribution >= 4 is 82.3 Å². The van der Waals surface area contributed by atoms with Crippen LogP contribution >= 0.6 is 0 Å². The summed E-state index contributed by atoms with van der Waals surface area (Å²) in [6.07, 6.45) is 0. The summed E-state index contributed by atoms with van der Waals surface area (Å²) in [5, 5.41) is 11.2. The summed E-state index contributed by atoms with van der Waals surface area (Å²) in [4.78, 5) is 0. The maximum Gasteiger partial charge on any atom is 0.271 e. The van der Waals surface area contributed by atoms with E-state index in [0.717, 1.165) is 0 Å². The van der Waals surface area contributed by atoms with Crippen molar-refractivity contribution < 1.29 is 4.12 Å². The fraction of sp³-hybridized carbons (Fsp3) is 0.0769. The van der Waals surface area contributed by atoms with Crippen molar-refractivity contribution in [1.82, 2.24) is 0 Å². The molecule has 0 fully saturated rings. The van der Waals surface area contributed by atoms with Crippen LogP contribution in [0.1, 0.15) is 22.3 Å². The zero-order chi connectivity index (χ0) is 39.9. The highest BCUT2D eigenvalue weighted by atomic mass is 29.9. The van der Waals surface area contributed by atoms with Crippen LogP contribution in [0.15, 0.2) is 218 Å². The SMILES string of the molecule is Cc1ccc([Si](O[Si]([Si](c2ccccc2)c2ccc(C)cc2)([Si](c2ccccc2)c2ccc(C)cc2)[Si](c2ccccc2)c2ccc(C)cc2)c2ccccc2)cc1. The van der Waals surface area contributed by atoms with Crippen LogP contribution in [0.25, 0.3) is 0 Å². The Kier molecular flexibility index (Phi) is 12.4. The second-order valence-corrected chi connectivity index (χ2v) is 40.2. The second-order valence-electron chi connectivity index (χ2n) is 15.2. The summed E-state index contributed by atoms with van der Waals surface area (Å²) in [6.45, 7) is 5.56. The van der Waals surface area contributed by atoms with Crippen molar-refractivity contribution in [2.24, 2.45) is 0 Å². The van der Waals surface area contributed by atoms with Crippen molar-refractivity contribution in [3.8, 4) is 0 Å². The molecular weight excluding hydrogens is 781 g/mol. The minimum absolute atomic E-state index is 1.26. The molecule has 0 aliphatic heterocycles. The lowest BCUT2D eigenvalue weighted by Gasteiger charge is -2.49. The van der Waals surface area contributed by atoms with E-state index in [1.165, 1.54) is 63.7 Å². The van der Waals surface area contributed by atoms with E-state index in [2.05, 4.69) is 246 Å². The molecule has 0 atom stereocenters. The molecule has 0 heterocycles. The Labute approximate surface area is 352 Å². The molecule has 4 radical (unpaired) electrons. The summed E-state index contributed by atoms with van der Waals surface area (Å²) in [6, 6.07) is 84.0. The van der Waals surface area contributed by atoms with Crippen molar-refractivity contribution in [3.05, 3.63) is 241 Å². The third-order valence-electron chi connectivity index (χ3n) is 10.9. The van der Waals surface area contributed by atoms with E-state index >= 15 is 0 Å². The molecule has 8 aromatic carbocycles. The Hall–Kier alpha value is -5.20. The van der Waals surface area contributed by atoms with E-state index in [4.69, 9.17) is 4.12 Å². The Morgan fingerprint density at radius 1 is 0.259 bits per heavy atom. The summed E-state index contributed by atoms with van der Waals surface area (Å²) < 4.78 is 9.03. The molecule has 282 valence electrons. The first kappa shape index (κ1) is 39.6. The van der Waals surface area contributed by atoms with Gasteiger partial charge in [-0.05, 0) is 38.1 Å². The van der Waals surface area contributed by atoms with Gasteiger partial charge in [0.25, 0.3) is 9.04 Å². The van der Waals surface area contributed by atoms with Crippen molar-refractivity contribution in [1.29, 1.82) is 0 Å². The number of benzene rings is 8. The van der Waals surface area contributed by atoms with E-state index in [1.807, 2.05) is 0 Å². The highest BCUT2D eigenvalue weighted by Gasteiger charge is 2.62. The zero-order valence-corrected chi connectivity index (χ0v) is 38.7. The smallest absolute Gasteiger partial charge is 0.271 e. The van der Waals surface area contributed by atoms with Crippen LogP contribution in [0, 0.1) is 27.7 Å². The largest absolute Gasteiger partial charge is 0.454 e. The highest BCUT2D eigenvalue weighted by Crippen LogP contribution is 2.24. The molecule has 58 heavy (non-hydrogen) atoms. The summed E-state index contributed by atoms with van der Waals surface area (Å²) in [7, 11) is -6.95. The highest BCUT2D eigenvalue weighted by molar-refractivity contribution is 7.87. The molecular formula is C52H48OSi5. The van der Waals surface area contributed by atoms with E-state index in [9.17, 15) is 0 Å². The normalized spacial score (nSPS) is 11.8. The topological polar surface area (TPSA) is 9.23 Å². The summed E-state index contributed by atoms with van der Waals surface area (Å²) in [5.41, 5.74) is 5.09.